The van der Waals surface area contributed by atoms with E-state index in [0.29, 0.717) is 27.7 Å². The van der Waals surface area contributed by atoms with E-state index in [0.717, 1.165) is 11.1 Å². The summed E-state index contributed by atoms with van der Waals surface area (Å²) in [5.41, 5.74) is 2.29. The molecule has 1 unspecified atom stereocenters. The number of amides is 2. The molecule has 0 bridgehead atoms. The molecule has 3 rings (SSSR count). The van der Waals surface area contributed by atoms with Crippen LogP contribution in [0.2, 0.25) is 10.0 Å². The molecule has 0 aromatic heterocycles. The lowest BCUT2D eigenvalue weighted by Gasteiger charge is -2.22. The van der Waals surface area contributed by atoms with Gasteiger partial charge >= 0.3 is 6.18 Å². The van der Waals surface area contributed by atoms with Crippen molar-refractivity contribution in [2.75, 3.05) is 13.1 Å². The number of hydrogen-bond donors (Lipinski definition) is 2. The third-order valence-electron chi connectivity index (χ3n) is 5.04. The van der Waals surface area contributed by atoms with Crippen molar-refractivity contribution in [3.8, 4) is 0 Å². The molecule has 2 aromatic rings. The van der Waals surface area contributed by atoms with Crippen molar-refractivity contribution < 1.29 is 27.6 Å². The van der Waals surface area contributed by atoms with Crippen molar-refractivity contribution in [2.24, 2.45) is 5.16 Å². The van der Waals surface area contributed by atoms with Crippen molar-refractivity contribution in [1.82, 2.24) is 10.6 Å². The summed E-state index contributed by atoms with van der Waals surface area (Å²) in [6.45, 7) is 1.54. The number of carbonyl (C=O) groups is 2. The predicted octanol–water partition coefficient (Wildman–Crippen LogP) is 4.75. The third kappa shape index (κ3) is 6.39. The molecule has 11 heteroatoms. The molecule has 0 saturated carbocycles. The highest BCUT2D eigenvalue weighted by Crippen LogP contribution is 2.38. The maximum absolute atomic E-state index is 12.4. The Hall–Kier alpha value is -2.78. The van der Waals surface area contributed by atoms with Crippen LogP contribution in [0.25, 0.3) is 0 Å². The lowest BCUT2D eigenvalue weighted by molar-refractivity contribution is -0.137. The fraction of sp³-hybridized carbons (Fsp3) is 0.318. The minimum absolute atomic E-state index is 0.284. The Kier molecular flexibility index (Phi) is 7.23. The number of oxime groups is 1. The van der Waals surface area contributed by atoms with E-state index >= 15 is 0 Å². The van der Waals surface area contributed by atoms with E-state index in [1.165, 1.54) is 0 Å². The largest absolute Gasteiger partial charge is 0.405 e. The van der Waals surface area contributed by atoms with E-state index in [-0.39, 0.29) is 5.56 Å². The first-order valence-electron chi connectivity index (χ1n) is 9.80. The molecule has 6 nitrogen and oxygen atoms in total. The first-order chi connectivity index (χ1) is 15.4. The van der Waals surface area contributed by atoms with Crippen LogP contribution in [0, 0.1) is 6.92 Å². The highest BCUT2D eigenvalue weighted by atomic mass is 35.5. The van der Waals surface area contributed by atoms with E-state index in [1.54, 1.807) is 48.6 Å². The van der Waals surface area contributed by atoms with Crippen molar-refractivity contribution in [3.05, 3.63) is 68.7 Å². The van der Waals surface area contributed by atoms with Crippen LogP contribution >= 0.6 is 23.2 Å². The van der Waals surface area contributed by atoms with Crippen molar-refractivity contribution >= 4 is 40.7 Å². The lowest BCUT2D eigenvalue weighted by Crippen LogP contribution is -2.41. The standard InChI is InChI=1S/C22H20Cl2F3N3O3/c1-12-5-13(3-4-17(12)20(32)28-10-19(31)29-11-22(25,26)27)18-9-21(2,33-30-18)14-6-15(23)8-16(24)7-14/h3-8H,9-11H2,1-2H3,(H,28,32)(H,29,31). The first-order valence-corrected chi connectivity index (χ1v) is 10.6. The van der Waals surface area contributed by atoms with Gasteiger partial charge in [-0.25, -0.2) is 0 Å². The average Bonchev–Trinajstić information content (AvgIpc) is 3.13. The second-order valence-corrected chi connectivity index (χ2v) is 8.67. The number of halogens is 5. The van der Waals surface area contributed by atoms with Gasteiger partial charge in [0.2, 0.25) is 5.91 Å². The fourth-order valence-electron chi connectivity index (χ4n) is 3.32. The molecule has 0 radical (unpaired) electrons. The molecule has 1 heterocycles. The van der Waals surface area contributed by atoms with Crippen LogP contribution in [0.3, 0.4) is 0 Å². The van der Waals surface area contributed by atoms with Crippen LogP contribution in [-0.4, -0.2) is 36.8 Å². The highest BCUT2D eigenvalue weighted by molar-refractivity contribution is 6.34. The highest BCUT2D eigenvalue weighted by Gasteiger charge is 2.37. The second-order valence-electron chi connectivity index (χ2n) is 7.80. The zero-order valence-electron chi connectivity index (χ0n) is 17.6. The number of alkyl halides is 3. The van der Waals surface area contributed by atoms with E-state index in [9.17, 15) is 22.8 Å². The normalized spacial score (nSPS) is 17.8. The number of carbonyl (C=O) groups excluding carboxylic acids is 2. The SMILES string of the molecule is Cc1cc(C2=NOC(C)(c3cc(Cl)cc(Cl)c3)C2)ccc1C(=O)NCC(=O)NCC(F)(F)F. The van der Waals surface area contributed by atoms with Crippen LogP contribution in [-0.2, 0) is 15.2 Å². The van der Waals surface area contributed by atoms with Gasteiger partial charge in [0.1, 0.15) is 6.54 Å². The molecule has 1 aliphatic rings. The molecule has 0 fully saturated rings. The lowest BCUT2D eigenvalue weighted by atomic mass is 9.88. The van der Waals surface area contributed by atoms with Gasteiger partial charge in [0.25, 0.3) is 5.91 Å². The Labute approximate surface area is 198 Å². The predicted molar refractivity (Wildman–Crippen MR) is 119 cm³/mol. The van der Waals surface area contributed by atoms with Gasteiger partial charge in [0, 0.05) is 27.6 Å². The van der Waals surface area contributed by atoms with Crippen LogP contribution in [0.4, 0.5) is 13.2 Å². The topological polar surface area (TPSA) is 79.8 Å². The van der Waals surface area contributed by atoms with Gasteiger partial charge in [0.05, 0.1) is 12.3 Å². The Morgan fingerprint density at radius 3 is 2.39 bits per heavy atom. The monoisotopic (exact) mass is 501 g/mol. The summed E-state index contributed by atoms with van der Waals surface area (Å²) in [7, 11) is 0. The molecule has 1 aliphatic heterocycles. The minimum Gasteiger partial charge on any atom is -0.384 e. The summed E-state index contributed by atoms with van der Waals surface area (Å²) in [5, 5.41) is 9.16. The smallest absolute Gasteiger partial charge is 0.384 e. The Morgan fingerprint density at radius 2 is 1.79 bits per heavy atom. The van der Waals surface area contributed by atoms with Crippen molar-refractivity contribution in [1.29, 1.82) is 0 Å². The van der Waals surface area contributed by atoms with Crippen molar-refractivity contribution in [2.45, 2.75) is 32.0 Å². The van der Waals surface area contributed by atoms with E-state index in [1.807, 2.05) is 6.92 Å². The quantitative estimate of drug-likeness (QED) is 0.599. The molecule has 2 aromatic carbocycles. The number of benzene rings is 2. The van der Waals surface area contributed by atoms with Gasteiger partial charge in [-0.2, -0.15) is 13.2 Å². The molecule has 2 amide bonds. The number of nitrogens with one attached hydrogen (secondary N) is 2. The molecule has 2 N–H and O–H groups in total. The zero-order valence-corrected chi connectivity index (χ0v) is 19.2. The molecule has 33 heavy (non-hydrogen) atoms. The molecule has 0 spiro atoms. The third-order valence-corrected chi connectivity index (χ3v) is 5.47. The van der Waals surface area contributed by atoms with Crippen LogP contribution in [0.5, 0.6) is 0 Å². The summed E-state index contributed by atoms with van der Waals surface area (Å²) in [6, 6.07) is 10.1. The summed E-state index contributed by atoms with van der Waals surface area (Å²) in [4.78, 5) is 29.5. The van der Waals surface area contributed by atoms with Gasteiger partial charge in [-0.05, 0) is 55.3 Å². The van der Waals surface area contributed by atoms with Crippen molar-refractivity contribution in [3.63, 3.8) is 0 Å². The number of nitrogens with zero attached hydrogens (tertiary/aromatic N) is 1. The maximum atomic E-state index is 12.4. The fourth-order valence-corrected chi connectivity index (χ4v) is 3.85. The maximum Gasteiger partial charge on any atom is 0.405 e. The van der Waals surface area contributed by atoms with Gasteiger partial charge in [-0.15, -0.1) is 0 Å². The molecule has 176 valence electrons. The summed E-state index contributed by atoms with van der Waals surface area (Å²) < 4.78 is 36.4. The van der Waals surface area contributed by atoms with E-state index in [2.05, 4.69) is 10.5 Å². The zero-order chi connectivity index (χ0) is 24.4. The first kappa shape index (κ1) is 24.9. The Bertz CT molecular complexity index is 1100. The summed E-state index contributed by atoms with van der Waals surface area (Å²) >= 11 is 12.2. The Balaban J connectivity index is 1.65. The Morgan fingerprint density at radius 1 is 1.12 bits per heavy atom. The molecular formula is C22H20Cl2F3N3O3. The van der Waals surface area contributed by atoms with Crippen LogP contribution in [0.1, 0.15) is 40.4 Å². The molecular weight excluding hydrogens is 482 g/mol. The van der Waals surface area contributed by atoms with Crippen LogP contribution in [0.15, 0.2) is 41.6 Å². The van der Waals surface area contributed by atoms with Gasteiger partial charge in [0.15, 0.2) is 5.60 Å². The van der Waals surface area contributed by atoms with E-state index in [4.69, 9.17) is 28.0 Å². The second kappa shape index (κ2) is 9.61. The summed E-state index contributed by atoms with van der Waals surface area (Å²) in [6.07, 6.45) is -4.08. The molecule has 0 aliphatic carbocycles. The van der Waals surface area contributed by atoms with Gasteiger partial charge in [-0.1, -0.05) is 34.4 Å². The van der Waals surface area contributed by atoms with Gasteiger partial charge in [-0.3, -0.25) is 9.59 Å². The number of aryl methyl sites for hydroxylation is 1. The number of rotatable bonds is 6. The molecule has 0 saturated heterocycles. The summed E-state index contributed by atoms with van der Waals surface area (Å²) in [5.74, 6) is -1.52. The van der Waals surface area contributed by atoms with E-state index < -0.39 is 36.7 Å². The number of hydrogen-bond acceptors (Lipinski definition) is 4. The minimum atomic E-state index is -4.52. The van der Waals surface area contributed by atoms with Crippen LogP contribution < -0.4 is 10.6 Å². The molecule has 1 atom stereocenters. The average molecular weight is 502 g/mol. The van der Waals surface area contributed by atoms with Gasteiger partial charge < -0.3 is 15.5 Å².